The molecule has 0 aromatic carbocycles. The van der Waals surface area contributed by atoms with Crippen LogP contribution in [0.3, 0.4) is 0 Å². The molecule has 1 saturated carbocycles. The first-order valence-electron chi connectivity index (χ1n) is 7.40. The Morgan fingerprint density at radius 2 is 2.19 bits per heavy atom. The quantitative estimate of drug-likeness (QED) is 0.896. The molecule has 114 valence electrons. The van der Waals surface area contributed by atoms with E-state index in [-0.39, 0.29) is 17.9 Å². The van der Waals surface area contributed by atoms with Crippen LogP contribution in [-0.2, 0) is 4.79 Å². The van der Waals surface area contributed by atoms with Gasteiger partial charge in [-0.1, -0.05) is 0 Å². The Balaban J connectivity index is 1.54. The molecule has 6 nitrogen and oxygen atoms in total. The summed E-state index contributed by atoms with van der Waals surface area (Å²) in [4.78, 5) is 30.3. The van der Waals surface area contributed by atoms with Crippen molar-refractivity contribution in [3.8, 4) is 0 Å². The number of nitrogens with zero attached hydrogens (tertiary/aromatic N) is 2. The van der Waals surface area contributed by atoms with Crippen molar-refractivity contribution in [2.75, 3.05) is 18.4 Å². The summed E-state index contributed by atoms with van der Waals surface area (Å²) in [6.07, 6.45) is 3.84. The average Bonchev–Trinajstić information content (AvgIpc) is 3.20. The minimum Gasteiger partial charge on any atom is -0.335 e. The molecule has 2 fully saturated rings. The second-order valence-corrected chi connectivity index (χ2v) is 6.65. The molecule has 1 saturated heterocycles. The van der Waals surface area contributed by atoms with Gasteiger partial charge in [0.05, 0.1) is 11.6 Å². The number of urea groups is 1. The second-order valence-electron chi connectivity index (χ2n) is 5.79. The van der Waals surface area contributed by atoms with E-state index in [9.17, 15) is 9.59 Å². The zero-order chi connectivity index (χ0) is 14.8. The van der Waals surface area contributed by atoms with E-state index in [1.807, 2.05) is 12.3 Å². The first-order chi connectivity index (χ1) is 10.1. The lowest BCUT2D eigenvalue weighted by Crippen LogP contribution is -2.48. The number of nitrogens with one attached hydrogen (secondary N) is 2. The highest BCUT2D eigenvalue weighted by Crippen LogP contribution is 2.22. The van der Waals surface area contributed by atoms with Crippen LogP contribution in [0, 0.1) is 12.8 Å². The number of thiazole rings is 1. The van der Waals surface area contributed by atoms with E-state index in [4.69, 9.17) is 0 Å². The lowest BCUT2D eigenvalue weighted by Gasteiger charge is -2.31. The topological polar surface area (TPSA) is 74.3 Å². The van der Waals surface area contributed by atoms with Crippen LogP contribution in [0.4, 0.5) is 9.93 Å². The van der Waals surface area contributed by atoms with Crippen LogP contribution >= 0.6 is 11.3 Å². The van der Waals surface area contributed by atoms with E-state index in [2.05, 4.69) is 15.6 Å². The number of hydrogen-bond donors (Lipinski definition) is 2. The van der Waals surface area contributed by atoms with Crippen LogP contribution in [-0.4, -0.2) is 41.0 Å². The summed E-state index contributed by atoms with van der Waals surface area (Å²) in [6, 6.07) is 0.324. The number of hydrogen-bond acceptors (Lipinski definition) is 4. The third-order valence-electron chi connectivity index (χ3n) is 3.83. The number of anilines is 1. The van der Waals surface area contributed by atoms with E-state index >= 15 is 0 Å². The third kappa shape index (κ3) is 3.72. The Bertz CT molecular complexity index is 541. The number of likely N-dealkylation sites (tertiary alicyclic amines) is 1. The first kappa shape index (κ1) is 14.3. The van der Waals surface area contributed by atoms with Crippen molar-refractivity contribution < 1.29 is 9.59 Å². The van der Waals surface area contributed by atoms with Crippen molar-refractivity contribution in [3.63, 3.8) is 0 Å². The summed E-state index contributed by atoms with van der Waals surface area (Å²) in [7, 11) is 0. The Morgan fingerprint density at radius 1 is 1.38 bits per heavy atom. The molecule has 3 amide bonds. The molecule has 2 heterocycles. The zero-order valence-corrected chi connectivity index (χ0v) is 12.9. The van der Waals surface area contributed by atoms with Gasteiger partial charge in [-0.05, 0) is 32.6 Å². The summed E-state index contributed by atoms with van der Waals surface area (Å²) in [5.41, 5.74) is 0.907. The summed E-state index contributed by atoms with van der Waals surface area (Å²) in [5.74, 6) is -0.179. The lowest BCUT2D eigenvalue weighted by atomic mass is 9.97. The second kappa shape index (κ2) is 6.01. The molecule has 1 atom stereocenters. The number of carbonyl (C=O) groups is 2. The van der Waals surface area contributed by atoms with E-state index in [0.29, 0.717) is 17.7 Å². The average molecular weight is 308 g/mol. The number of aryl methyl sites for hydroxylation is 1. The van der Waals surface area contributed by atoms with Crippen LogP contribution in [0.5, 0.6) is 0 Å². The van der Waals surface area contributed by atoms with Gasteiger partial charge in [0.2, 0.25) is 5.91 Å². The first-order valence-corrected chi connectivity index (χ1v) is 8.28. The predicted octanol–water partition coefficient (Wildman–Crippen LogP) is 1.97. The Kier molecular flexibility index (Phi) is 4.10. The van der Waals surface area contributed by atoms with Crippen LogP contribution in [0.15, 0.2) is 5.38 Å². The van der Waals surface area contributed by atoms with Crippen LogP contribution < -0.4 is 10.6 Å². The van der Waals surface area contributed by atoms with Gasteiger partial charge in [0.25, 0.3) is 0 Å². The minimum absolute atomic E-state index is 0.0277. The van der Waals surface area contributed by atoms with Crippen molar-refractivity contribution in [2.45, 2.75) is 38.6 Å². The summed E-state index contributed by atoms with van der Waals surface area (Å²) in [6.45, 7) is 3.13. The van der Waals surface area contributed by atoms with Crippen molar-refractivity contribution >= 4 is 28.4 Å². The number of rotatable bonds is 3. The summed E-state index contributed by atoms with van der Waals surface area (Å²) >= 11 is 1.43. The maximum atomic E-state index is 12.3. The Morgan fingerprint density at radius 3 is 2.86 bits per heavy atom. The predicted molar refractivity (Wildman–Crippen MR) is 81.3 cm³/mol. The molecule has 0 radical (unpaired) electrons. The van der Waals surface area contributed by atoms with Gasteiger partial charge in [-0.15, -0.1) is 11.3 Å². The maximum absolute atomic E-state index is 12.3. The smallest absolute Gasteiger partial charge is 0.317 e. The molecular weight excluding hydrogens is 288 g/mol. The molecule has 1 aliphatic heterocycles. The number of piperidine rings is 1. The van der Waals surface area contributed by atoms with E-state index in [1.54, 1.807) is 4.90 Å². The highest BCUT2D eigenvalue weighted by Gasteiger charge is 2.31. The van der Waals surface area contributed by atoms with Crippen molar-refractivity contribution in [1.29, 1.82) is 0 Å². The fourth-order valence-corrected chi connectivity index (χ4v) is 3.18. The maximum Gasteiger partial charge on any atom is 0.317 e. The van der Waals surface area contributed by atoms with Crippen LogP contribution in [0.2, 0.25) is 0 Å². The highest BCUT2D eigenvalue weighted by molar-refractivity contribution is 7.13. The van der Waals surface area contributed by atoms with Gasteiger partial charge >= 0.3 is 6.03 Å². The lowest BCUT2D eigenvalue weighted by molar-refractivity contribution is -0.121. The minimum atomic E-state index is -0.145. The van der Waals surface area contributed by atoms with Gasteiger partial charge in [0.1, 0.15) is 0 Å². The standard InChI is InChI=1S/C14H20N4O2S/c1-9-8-21-13(15-9)17-12(19)10-3-2-6-18(7-10)14(20)16-11-4-5-11/h8,10-11H,2-7H2,1H3,(H,16,20)(H,15,17,19). The molecule has 21 heavy (non-hydrogen) atoms. The van der Waals surface area contributed by atoms with E-state index < -0.39 is 0 Å². The molecule has 2 N–H and O–H groups in total. The van der Waals surface area contributed by atoms with Gasteiger partial charge in [-0.25, -0.2) is 9.78 Å². The van der Waals surface area contributed by atoms with Crippen LogP contribution in [0.1, 0.15) is 31.4 Å². The molecule has 0 bridgehead atoms. The van der Waals surface area contributed by atoms with Crippen molar-refractivity contribution in [1.82, 2.24) is 15.2 Å². The Hall–Kier alpha value is -1.63. The molecule has 3 rings (SSSR count). The van der Waals surface area contributed by atoms with Gasteiger partial charge in [-0.2, -0.15) is 0 Å². The normalized spacial score (nSPS) is 22.0. The third-order valence-corrected chi connectivity index (χ3v) is 4.71. The molecule has 2 aliphatic rings. The molecule has 1 aromatic rings. The van der Waals surface area contributed by atoms with Crippen molar-refractivity contribution in [2.24, 2.45) is 5.92 Å². The Labute approximate surface area is 127 Å². The van der Waals surface area contributed by atoms with Gasteiger partial charge in [-0.3, -0.25) is 4.79 Å². The van der Waals surface area contributed by atoms with Crippen LogP contribution in [0.25, 0.3) is 0 Å². The number of amides is 3. The molecule has 1 aromatic heterocycles. The summed E-state index contributed by atoms with van der Waals surface area (Å²) in [5, 5.41) is 8.38. The molecule has 0 spiro atoms. The fraction of sp³-hybridized carbons (Fsp3) is 0.643. The monoisotopic (exact) mass is 308 g/mol. The SMILES string of the molecule is Cc1csc(NC(=O)C2CCCN(C(=O)NC3CC3)C2)n1. The number of aromatic nitrogens is 1. The van der Waals surface area contributed by atoms with Gasteiger partial charge in [0.15, 0.2) is 5.13 Å². The van der Waals surface area contributed by atoms with Gasteiger partial charge < -0.3 is 15.5 Å². The van der Waals surface area contributed by atoms with E-state index in [1.165, 1.54) is 11.3 Å². The number of carbonyl (C=O) groups excluding carboxylic acids is 2. The zero-order valence-electron chi connectivity index (χ0n) is 12.1. The highest BCUT2D eigenvalue weighted by atomic mass is 32.1. The molecule has 1 unspecified atom stereocenters. The van der Waals surface area contributed by atoms with Crippen molar-refractivity contribution in [3.05, 3.63) is 11.1 Å². The van der Waals surface area contributed by atoms with Gasteiger partial charge in [0, 0.05) is 24.5 Å². The largest absolute Gasteiger partial charge is 0.335 e. The fourth-order valence-electron chi connectivity index (χ4n) is 2.49. The molecule has 7 heteroatoms. The molecular formula is C14H20N4O2S. The molecule has 1 aliphatic carbocycles. The van der Waals surface area contributed by atoms with E-state index in [0.717, 1.165) is 37.9 Å². The summed E-state index contributed by atoms with van der Waals surface area (Å²) < 4.78 is 0.